The van der Waals surface area contributed by atoms with E-state index in [0.29, 0.717) is 13.1 Å². The predicted octanol–water partition coefficient (Wildman–Crippen LogP) is 2.47. The zero-order chi connectivity index (χ0) is 13.5. The maximum atomic E-state index is 11.6. The van der Waals surface area contributed by atoms with Crippen LogP contribution in [0.4, 0.5) is 4.79 Å². The summed E-state index contributed by atoms with van der Waals surface area (Å²) in [4.78, 5) is 11.6. The average Bonchev–Trinajstić information content (AvgIpc) is 2.92. The molecule has 0 radical (unpaired) electrons. The van der Waals surface area contributed by atoms with Crippen molar-refractivity contribution in [1.29, 1.82) is 0 Å². The minimum atomic E-state index is -0.123. The van der Waals surface area contributed by atoms with E-state index >= 15 is 0 Å². The minimum absolute atomic E-state index is 0.123. The Balaban J connectivity index is 1.62. The summed E-state index contributed by atoms with van der Waals surface area (Å²) in [6.45, 7) is 2.04. The minimum Gasteiger partial charge on any atom is -0.376 e. The molecule has 1 aliphatic heterocycles. The highest BCUT2D eigenvalue weighted by Crippen LogP contribution is 2.15. The molecule has 1 saturated heterocycles. The van der Waals surface area contributed by atoms with Gasteiger partial charge in [-0.2, -0.15) is 0 Å². The molecule has 0 saturated carbocycles. The van der Waals surface area contributed by atoms with E-state index in [1.165, 1.54) is 5.56 Å². The Kier molecular flexibility index (Phi) is 5.66. The van der Waals surface area contributed by atoms with E-state index in [1.54, 1.807) is 0 Å². The first-order valence-corrected chi connectivity index (χ1v) is 7.41. The van der Waals surface area contributed by atoms with Gasteiger partial charge in [-0.25, -0.2) is 4.79 Å². The first-order valence-electron chi connectivity index (χ1n) is 6.62. The Morgan fingerprint density at radius 3 is 2.95 bits per heavy atom. The molecule has 1 aromatic rings. The number of ether oxygens (including phenoxy) is 1. The van der Waals surface area contributed by atoms with Crippen molar-refractivity contribution in [1.82, 2.24) is 10.6 Å². The summed E-state index contributed by atoms with van der Waals surface area (Å²) < 4.78 is 6.52. The number of rotatable bonds is 5. The number of halogens is 1. The van der Waals surface area contributed by atoms with Gasteiger partial charge in [0.2, 0.25) is 0 Å². The van der Waals surface area contributed by atoms with Gasteiger partial charge >= 0.3 is 6.03 Å². The first-order chi connectivity index (χ1) is 9.25. The summed E-state index contributed by atoms with van der Waals surface area (Å²) in [6, 6.07) is 7.91. The summed E-state index contributed by atoms with van der Waals surface area (Å²) in [7, 11) is 0. The van der Waals surface area contributed by atoms with Crippen LogP contribution in [0.1, 0.15) is 18.4 Å². The molecule has 1 aromatic carbocycles. The van der Waals surface area contributed by atoms with E-state index in [2.05, 4.69) is 32.6 Å². The number of amides is 2. The maximum Gasteiger partial charge on any atom is 0.314 e. The Morgan fingerprint density at radius 2 is 2.21 bits per heavy atom. The van der Waals surface area contributed by atoms with Gasteiger partial charge in [0.05, 0.1) is 6.10 Å². The molecular weight excluding hydrogens is 308 g/mol. The van der Waals surface area contributed by atoms with E-state index in [9.17, 15) is 4.79 Å². The third-order valence-corrected chi connectivity index (χ3v) is 3.93. The second kappa shape index (κ2) is 7.50. The van der Waals surface area contributed by atoms with Gasteiger partial charge in [0.15, 0.2) is 0 Å². The summed E-state index contributed by atoms with van der Waals surface area (Å²) in [5.74, 6) is 0. The standard InChI is InChI=1S/C14H19BrN2O2/c15-13-6-2-1-4-11(13)7-8-16-14(18)17-10-12-5-3-9-19-12/h1-2,4,6,12H,3,5,7-10H2,(H2,16,17,18). The lowest BCUT2D eigenvalue weighted by atomic mass is 10.1. The molecule has 0 bridgehead atoms. The molecule has 19 heavy (non-hydrogen) atoms. The van der Waals surface area contributed by atoms with Crippen molar-refractivity contribution in [2.75, 3.05) is 19.7 Å². The van der Waals surface area contributed by atoms with Crippen LogP contribution in [0.2, 0.25) is 0 Å². The lowest BCUT2D eigenvalue weighted by molar-refractivity contribution is 0.111. The molecule has 1 aliphatic rings. The predicted molar refractivity (Wildman–Crippen MR) is 78.2 cm³/mol. The summed E-state index contributed by atoms with van der Waals surface area (Å²) >= 11 is 3.49. The van der Waals surface area contributed by atoms with Gasteiger partial charge in [-0.05, 0) is 30.9 Å². The zero-order valence-electron chi connectivity index (χ0n) is 10.8. The number of urea groups is 1. The second-order valence-electron chi connectivity index (χ2n) is 4.61. The number of carbonyl (C=O) groups excluding carboxylic acids is 1. The van der Waals surface area contributed by atoms with Gasteiger partial charge < -0.3 is 15.4 Å². The van der Waals surface area contributed by atoms with E-state index in [-0.39, 0.29) is 12.1 Å². The summed E-state index contributed by atoms with van der Waals surface area (Å²) in [6.07, 6.45) is 3.14. The fourth-order valence-corrected chi connectivity index (χ4v) is 2.57. The molecule has 1 unspecified atom stereocenters. The van der Waals surface area contributed by atoms with E-state index in [4.69, 9.17) is 4.74 Å². The molecule has 2 amide bonds. The van der Waals surface area contributed by atoms with Crippen molar-refractivity contribution in [2.24, 2.45) is 0 Å². The van der Waals surface area contributed by atoms with Gasteiger partial charge in [0.25, 0.3) is 0 Å². The molecular formula is C14H19BrN2O2. The average molecular weight is 327 g/mol. The molecule has 2 rings (SSSR count). The molecule has 0 aliphatic carbocycles. The van der Waals surface area contributed by atoms with Crippen molar-refractivity contribution < 1.29 is 9.53 Å². The third kappa shape index (κ3) is 4.84. The highest BCUT2D eigenvalue weighted by Gasteiger charge is 2.15. The number of benzene rings is 1. The summed E-state index contributed by atoms with van der Waals surface area (Å²) in [5.41, 5.74) is 1.20. The van der Waals surface area contributed by atoms with E-state index < -0.39 is 0 Å². The van der Waals surface area contributed by atoms with Crippen molar-refractivity contribution in [2.45, 2.75) is 25.4 Å². The highest BCUT2D eigenvalue weighted by molar-refractivity contribution is 9.10. The molecule has 0 aromatic heterocycles. The highest BCUT2D eigenvalue weighted by atomic mass is 79.9. The Labute approximate surface area is 122 Å². The third-order valence-electron chi connectivity index (χ3n) is 3.15. The topological polar surface area (TPSA) is 50.4 Å². The lowest BCUT2D eigenvalue weighted by Crippen LogP contribution is -2.40. The van der Waals surface area contributed by atoms with Gasteiger partial charge in [0, 0.05) is 24.2 Å². The van der Waals surface area contributed by atoms with Crippen molar-refractivity contribution in [3.05, 3.63) is 34.3 Å². The molecule has 1 fully saturated rings. The quantitative estimate of drug-likeness (QED) is 0.873. The molecule has 1 heterocycles. The number of nitrogens with one attached hydrogen (secondary N) is 2. The van der Waals surface area contributed by atoms with Gasteiger partial charge in [0.1, 0.15) is 0 Å². The van der Waals surface area contributed by atoms with Crippen LogP contribution < -0.4 is 10.6 Å². The van der Waals surface area contributed by atoms with Crippen LogP contribution in [0.15, 0.2) is 28.7 Å². The Bertz CT molecular complexity index is 420. The van der Waals surface area contributed by atoms with Crippen LogP contribution in [-0.2, 0) is 11.2 Å². The molecule has 4 nitrogen and oxygen atoms in total. The monoisotopic (exact) mass is 326 g/mol. The second-order valence-corrected chi connectivity index (χ2v) is 5.47. The van der Waals surface area contributed by atoms with Crippen molar-refractivity contribution in [3.63, 3.8) is 0 Å². The van der Waals surface area contributed by atoms with Gasteiger partial charge in [-0.1, -0.05) is 34.1 Å². The fourth-order valence-electron chi connectivity index (χ4n) is 2.09. The maximum absolute atomic E-state index is 11.6. The van der Waals surface area contributed by atoms with Crippen molar-refractivity contribution in [3.8, 4) is 0 Å². The summed E-state index contributed by atoms with van der Waals surface area (Å²) in [5, 5.41) is 5.69. The number of hydrogen-bond donors (Lipinski definition) is 2. The molecule has 5 heteroatoms. The number of hydrogen-bond acceptors (Lipinski definition) is 2. The first kappa shape index (κ1) is 14.3. The lowest BCUT2D eigenvalue weighted by Gasteiger charge is -2.12. The van der Waals surface area contributed by atoms with Crippen LogP contribution in [0.25, 0.3) is 0 Å². The Morgan fingerprint density at radius 1 is 1.37 bits per heavy atom. The van der Waals surface area contributed by atoms with Gasteiger partial charge in [-0.15, -0.1) is 0 Å². The normalized spacial score (nSPS) is 18.3. The molecule has 0 spiro atoms. The van der Waals surface area contributed by atoms with Crippen LogP contribution >= 0.6 is 15.9 Å². The van der Waals surface area contributed by atoms with Crippen LogP contribution in [0.3, 0.4) is 0 Å². The zero-order valence-corrected chi connectivity index (χ0v) is 12.4. The van der Waals surface area contributed by atoms with Crippen molar-refractivity contribution >= 4 is 22.0 Å². The van der Waals surface area contributed by atoms with Crippen LogP contribution in [0, 0.1) is 0 Å². The molecule has 1 atom stereocenters. The smallest absolute Gasteiger partial charge is 0.314 e. The molecule has 2 N–H and O–H groups in total. The van der Waals surface area contributed by atoms with E-state index in [1.807, 2.05) is 18.2 Å². The van der Waals surface area contributed by atoms with Crippen LogP contribution in [-0.4, -0.2) is 31.8 Å². The largest absolute Gasteiger partial charge is 0.376 e. The van der Waals surface area contributed by atoms with Crippen LogP contribution in [0.5, 0.6) is 0 Å². The van der Waals surface area contributed by atoms with Gasteiger partial charge in [-0.3, -0.25) is 0 Å². The fraction of sp³-hybridized carbons (Fsp3) is 0.500. The molecule has 104 valence electrons. The number of carbonyl (C=O) groups is 1. The van der Waals surface area contributed by atoms with E-state index in [0.717, 1.165) is 30.3 Å². The Hall–Kier alpha value is -1.07. The SMILES string of the molecule is O=C(NCCc1ccccc1Br)NCC1CCCO1.